The van der Waals surface area contributed by atoms with Gasteiger partial charge < -0.3 is 5.32 Å². The molecule has 2 heteroatoms. The average molecular weight is 280 g/mol. The molecule has 0 spiro atoms. The van der Waals surface area contributed by atoms with Gasteiger partial charge in [0.15, 0.2) is 0 Å². The highest BCUT2D eigenvalue weighted by molar-refractivity contribution is 4.89. The quantitative estimate of drug-likeness (QED) is 0.821. The van der Waals surface area contributed by atoms with Crippen molar-refractivity contribution in [3.63, 3.8) is 0 Å². The highest BCUT2D eigenvalue weighted by atomic mass is 15.2. The van der Waals surface area contributed by atoms with Crippen molar-refractivity contribution in [2.75, 3.05) is 19.6 Å². The van der Waals surface area contributed by atoms with E-state index in [2.05, 4.69) is 37.9 Å². The van der Waals surface area contributed by atoms with Gasteiger partial charge in [0, 0.05) is 31.7 Å². The summed E-state index contributed by atoms with van der Waals surface area (Å²) < 4.78 is 0. The second-order valence-electron chi connectivity index (χ2n) is 7.55. The molecule has 1 N–H and O–H groups in total. The SMILES string of the molecule is CCC(C)C1CN(CC2CCCC(C)C2)C(CC)CN1. The van der Waals surface area contributed by atoms with Crippen LogP contribution in [0.3, 0.4) is 0 Å². The van der Waals surface area contributed by atoms with Crippen LogP contribution >= 0.6 is 0 Å². The third-order valence-corrected chi connectivity index (χ3v) is 5.90. The summed E-state index contributed by atoms with van der Waals surface area (Å²) >= 11 is 0. The molecule has 0 aromatic carbocycles. The Hall–Kier alpha value is -0.0800. The minimum absolute atomic E-state index is 0.712. The maximum Gasteiger partial charge on any atom is 0.0221 e. The van der Waals surface area contributed by atoms with E-state index in [1.807, 2.05) is 0 Å². The van der Waals surface area contributed by atoms with Crippen molar-refractivity contribution in [2.45, 2.75) is 78.3 Å². The zero-order chi connectivity index (χ0) is 14.5. The molecule has 2 aliphatic rings. The summed E-state index contributed by atoms with van der Waals surface area (Å²) in [7, 11) is 0. The third kappa shape index (κ3) is 4.21. The number of piperazine rings is 1. The van der Waals surface area contributed by atoms with Crippen LogP contribution in [0, 0.1) is 17.8 Å². The molecule has 2 fully saturated rings. The second-order valence-corrected chi connectivity index (χ2v) is 7.55. The van der Waals surface area contributed by atoms with Gasteiger partial charge in [0.25, 0.3) is 0 Å². The molecule has 5 atom stereocenters. The van der Waals surface area contributed by atoms with Crippen molar-refractivity contribution < 1.29 is 0 Å². The molecule has 0 amide bonds. The van der Waals surface area contributed by atoms with Crippen LogP contribution in [-0.2, 0) is 0 Å². The van der Waals surface area contributed by atoms with Gasteiger partial charge in [-0.05, 0) is 37.0 Å². The van der Waals surface area contributed by atoms with Crippen LogP contribution in [-0.4, -0.2) is 36.6 Å². The lowest BCUT2D eigenvalue weighted by Crippen LogP contribution is -2.59. The van der Waals surface area contributed by atoms with Gasteiger partial charge in [-0.1, -0.05) is 47.0 Å². The molecular weight excluding hydrogens is 244 g/mol. The van der Waals surface area contributed by atoms with E-state index in [1.54, 1.807) is 0 Å². The van der Waals surface area contributed by atoms with Gasteiger partial charge in [-0.15, -0.1) is 0 Å². The highest BCUT2D eigenvalue weighted by Gasteiger charge is 2.31. The first-order chi connectivity index (χ1) is 9.63. The van der Waals surface area contributed by atoms with Crippen molar-refractivity contribution in [2.24, 2.45) is 17.8 Å². The maximum absolute atomic E-state index is 3.81. The zero-order valence-electron chi connectivity index (χ0n) is 14.2. The Labute approximate surface area is 126 Å². The molecule has 1 saturated carbocycles. The van der Waals surface area contributed by atoms with Gasteiger partial charge in [0.2, 0.25) is 0 Å². The molecule has 0 bridgehead atoms. The van der Waals surface area contributed by atoms with E-state index in [1.165, 1.54) is 58.2 Å². The number of hydrogen-bond acceptors (Lipinski definition) is 2. The highest BCUT2D eigenvalue weighted by Crippen LogP contribution is 2.30. The standard InChI is InChI=1S/C18H36N2/c1-5-15(4)18-13-20(17(6-2)11-19-18)12-16-9-7-8-14(3)10-16/h14-19H,5-13H2,1-4H3. The number of rotatable bonds is 5. The molecule has 1 saturated heterocycles. The first-order valence-electron chi connectivity index (χ1n) is 9.11. The summed E-state index contributed by atoms with van der Waals surface area (Å²) in [4.78, 5) is 2.83. The average Bonchev–Trinajstić information content (AvgIpc) is 2.46. The molecule has 0 aromatic heterocycles. The van der Waals surface area contributed by atoms with Crippen LogP contribution in [0.4, 0.5) is 0 Å². The summed E-state index contributed by atoms with van der Waals surface area (Å²) in [6.07, 6.45) is 8.45. The Kier molecular flexibility index (Phi) is 6.35. The molecule has 1 aliphatic carbocycles. The number of nitrogens with one attached hydrogen (secondary N) is 1. The minimum Gasteiger partial charge on any atom is -0.311 e. The van der Waals surface area contributed by atoms with Crippen molar-refractivity contribution in [1.82, 2.24) is 10.2 Å². The van der Waals surface area contributed by atoms with Crippen LogP contribution in [0.25, 0.3) is 0 Å². The lowest BCUT2D eigenvalue weighted by molar-refractivity contribution is 0.0765. The van der Waals surface area contributed by atoms with Crippen LogP contribution in [0.2, 0.25) is 0 Å². The summed E-state index contributed by atoms with van der Waals surface area (Å²) in [5.74, 6) is 2.73. The van der Waals surface area contributed by atoms with E-state index in [-0.39, 0.29) is 0 Å². The minimum atomic E-state index is 0.712. The van der Waals surface area contributed by atoms with Crippen molar-refractivity contribution in [3.05, 3.63) is 0 Å². The van der Waals surface area contributed by atoms with E-state index in [9.17, 15) is 0 Å². The van der Waals surface area contributed by atoms with Crippen LogP contribution in [0.15, 0.2) is 0 Å². The van der Waals surface area contributed by atoms with E-state index >= 15 is 0 Å². The molecule has 0 radical (unpaired) electrons. The zero-order valence-corrected chi connectivity index (χ0v) is 14.2. The summed E-state index contributed by atoms with van der Waals surface area (Å²) in [5, 5.41) is 3.81. The summed E-state index contributed by atoms with van der Waals surface area (Å²) in [6.45, 7) is 13.4. The van der Waals surface area contributed by atoms with Gasteiger partial charge in [-0.2, -0.15) is 0 Å². The molecule has 2 nitrogen and oxygen atoms in total. The first kappa shape index (κ1) is 16.3. The molecule has 5 unspecified atom stereocenters. The predicted molar refractivity (Wildman–Crippen MR) is 88.0 cm³/mol. The van der Waals surface area contributed by atoms with Crippen LogP contribution in [0.1, 0.15) is 66.2 Å². The normalized spacial score (nSPS) is 37.8. The number of hydrogen-bond donors (Lipinski definition) is 1. The largest absolute Gasteiger partial charge is 0.311 e. The molecule has 118 valence electrons. The van der Waals surface area contributed by atoms with Crippen LogP contribution < -0.4 is 5.32 Å². The summed E-state index contributed by atoms with van der Waals surface area (Å²) in [5.41, 5.74) is 0. The van der Waals surface area contributed by atoms with E-state index in [0.717, 1.165) is 23.8 Å². The third-order valence-electron chi connectivity index (χ3n) is 5.90. The van der Waals surface area contributed by atoms with E-state index < -0.39 is 0 Å². The van der Waals surface area contributed by atoms with Crippen molar-refractivity contribution in [3.8, 4) is 0 Å². The molecule has 1 heterocycles. The van der Waals surface area contributed by atoms with Gasteiger partial charge in [-0.3, -0.25) is 4.90 Å². The van der Waals surface area contributed by atoms with Gasteiger partial charge in [0.1, 0.15) is 0 Å². The molecule has 2 rings (SSSR count). The topological polar surface area (TPSA) is 15.3 Å². The fraction of sp³-hybridized carbons (Fsp3) is 1.00. The van der Waals surface area contributed by atoms with Gasteiger partial charge >= 0.3 is 0 Å². The Balaban J connectivity index is 1.91. The van der Waals surface area contributed by atoms with E-state index in [0.29, 0.717) is 6.04 Å². The fourth-order valence-electron chi connectivity index (χ4n) is 4.23. The molecule has 0 aromatic rings. The maximum atomic E-state index is 3.81. The van der Waals surface area contributed by atoms with Gasteiger partial charge in [-0.25, -0.2) is 0 Å². The Morgan fingerprint density at radius 1 is 1.25 bits per heavy atom. The molecule has 1 aliphatic heterocycles. The lowest BCUT2D eigenvalue weighted by atomic mass is 9.81. The Bertz CT molecular complexity index is 279. The van der Waals surface area contributed by atoms with Crippen LogP contribution in [0.5, 0.6) is 0 Å². The smallest absolute Gasteiger partial charge is 0.0221 e. The molecular formula is C18H36N2. The van der Waals surface area contributed by atoms with E-state index in [4.69, 9.17) is 0 Å². The first-order valence-corrected chi connectivity index (χ1v) is 9.11. The Morgan fingerprint density at radius 2 is 2.05 bits per heavy atom. The molecule has 20 heavy (non-hydrogen) atoms. The van der Waals surface area contributed by atoms with Crippen molar-refractivity contribution >= 4 is 0 Å². The fourth-order valence-corrected chi connectivity index (χ4v) is 4.23. The monoisotopic (exact) mass is 280 g/mol. The lowest BCUT2D eigenvalue weighted by Gasteiger charge is -2.44. The number of nitrogens with zero attached hydrogens (tertiary/aromatic N) is 1. The van der Waals surface area contributed by atoms with Gasteiger partial charge in [0.05, 0.1) is 0 Å². The second kappa shape index (κ2) is 7.79. The Morgan fingerprint density at radius 3 is 2.70 bits per heavy atom. The predicted octanol–water partition coefficient (Wildman–Crippen LogP) is 3.91. The van der Waals surface area contributed by atoms with Crippen molar-refractivity contribution in [1.29, 1.82) is 0 Å². The summed E-state index contributed by atoms with van der Waals surface area (Å²) in [6, 6.07) is 1.48.